The third-order valence-corrected chi connectivity index (χ3v) is 8.43. The van der Waals surface area contributed by atoms with Crippen molar-refractivity contribution in [3.05, 3.63) is 23.2 Å². The lowest BCUT2D eigenvalue weighted by Crippen LogP contribution is -2.49. The third-order valence-electron chi connectivity index (χ3n) is 7.63. The van der Waals surface area contributed by atoms with Crippen LogP contribution in [0.4, 0.5) is 17.6 Å². The molecular weight excluding hydrogens is 486 g/mol. The topological polar surface area (TPSA) is 114 Å². The van der Waals surface area contributed by atoms with Gasteiger partial charge in [0.15, 0.2) is 5.82 Å². The summed E-state index contributed by atoms with van der Waals surface area (Å²) in [5.74, 6) is 2.86. The first kappa shape index (κ1) is 25.9. The Hall–Kier alpha value is -2.76. The van der Waals surface area contributed by atoms with Crippen molar-refractivity contribution in [3.8, 4) is 0 Å². The zero-order chi connectivity index (χ0) is 25.8. The number of nitrogens with one attached hydrogen (secondary N) is 4. The second kappa shape index (κ2) is 11.7. The Balaban J connectivity index is 1.27. The lowest BCUT2D eigenvalue weighted by Gasteiger charge is -2.32. The molecule has 10 nitrogen and oxygen atoms in total. The summed E-state index contributed by atoms with van der Waals surface area (Å²) in [5.41, 5.74) is 0.987. The lowest BCUT2D eigenvalue weighted by molar-refractivity contribution is -0.123. The van der Waals surface area contributed by atoms with E-state index in [-0.39, 0.29) is 18.0 Å². The maximum Gasteiger partial charge on any atom is 0.234 e. The van der Waals surface area contributed by atoms with E-state index in [9.17, 15) is 4.79 Å². The molecule has 0 bridgehead atoms. The minimum absolute atomic E-state index is 0.139. The molecule has 4 heterocycles. The van der Waals surface area contributed by atoms with E-state index in [1.807, 2.05) is 24.4 Å². The van der Waals surface area contributed by atoms with Gasteiger partial charge >= 0.3 is 0 Å². The molecule has 1 aliphatic heterocycles. The Morgan fingerprint density at radius 3 is 2.76 bits per heavy atom. The highest BCUT2D eigenvalue weighted by molar-refractivity contribution is 7.16. The van der Waals surface area contributed by atoms with Gasteiger partial charge in [-0.1, -0.05) is 13.3 Å². The molecule has 3 unspecified atom stereocenters. The number of likely N-dealkylation sites (N-methyl/N-ethyl adjacent to an activating group) is 1. The van der Waals surface area contributed by atoms with E-state index >= 15 is 0 Å². The van der Waals surface area contributed by atoms with Crippen LogP contribution in [0.25, 0.3) is 10.2 Å². The Bertz CT molecular complexity index is 1190. The Labute approximate surface area is 222 Å². The second-order valence-electron chi connectivity index (χ2n) is 10.6. The van der Waals surface area contributed by atoms with E-state index in [2.05, 4.69) is 49.9 Å². The number of amides is 1. The molecule has 37 heavy (non-hydrogen) atoms. The Morgan fingerprint density at radius 1 is 1.16 bits per heavy atom. The summed E-state index contributed by atoms with van der Waals surface area (Å²) in [6.45, 7) is 8.66. The molecule has 0 spiro atoms. The fraction of sp³-hybridized carbons (Fsp3) is 0.615. The Morgan fingerprint density at radius 2 is 2.00 bits per heavy atom. The van der Waals surface area contributed by atoms with Gasteiger partial charge in [0.05, 0.1) is 11.9 Å². The fourth-order valence-electron chi connectivity index (χ4n) is 5.42. The second-order valence-corrected chi connectivity index (χ2v) is 11.5. The normalized spacial score (nSPS) is 23.6. The van der Waals surface area contributed by atoms with Crippen LogP contribution in [0, 0.1) is 12.8 Å². The number of anilines is 3. The van der Waals surface area contributed by atoms with Gasteiger partial charge in [0.1, 0.15) is 10.6 Å². The highest BCUT2D eigenvalue weighted by atomic mass is 32.1. The van der Waals surface area contributed by atoms with Crippen LogP contribution in [-0.4, -0.2) is 87.7 Å². The number of aryl methyl sites for hydroxylation is 1. The van der Waals surface area contributed by atoms with Gasteiger partial charge < -0.3 is 20.9 Å². The number of aromatic nitrogens is 4. The van der Waals surface area contributed by atoms with Crippen LogP contribution in [0.3, 0.4) is 0 Å². The van der Waals surface area contributed by atoms with E-state index < -0.39 is 0 Å². The highest BCUT2D eigenvalue weighted by Gasteiger charge is 2.28. The summed E-state index contributed by atoms with van der Waals surface area (Å²) in [6, 6.07) is 4.35. The van der Waals surface area contributed by atoms with Gasteiger partial charge in [0.25, 0.3) is 0 Å². The predicted molar refractivity (Wildman–Crippen MR) is 150 cm³/mol. The van der Waals surface area contributed by atoms with E-state index in [1.54, 1.807) is 11.3 Å². The van der Waals surface area contributed by atoms with Crippen LogP contribution < -0.4 is 16.0 Å². The van der Waals surface area contributed by atoms with Crippen molar-refractivity contribution in [1.82, 2.24) is 35.3 Å². The van der Waals surface area contributed by atoms with Crippen molar-refractivity contribution >= 4 is 45.0 Å². The number of nitrogens with zero attached hydrogens (tertiary/aromatic N) is 5. The number of hydrogen-bond donors (Lipinski definition) is 4. The van der Waals surface area contributed by atoms with Crippen molar-refractivity contribution in [3.63, 3.8) is 0 Å². The van der Waals surface area contributed by atoms with Crippen LogP contribution >= 0.6 is 11.3 Å². The number of piperazine rings is 1. The maximum absolute atomic E-state index is 12.9. The van der Waals surface area contributed by atoms with Crippen LogP contribution in [0.15, 0.2) is 17.5 Å². The van der Waals surface area contributed by atoms with Gasteiger partial charge in [-0.05, 0) is 57.0 Å². The van der Waals surface area contributed by atoms with Crippen molar-refractivity contribution < 1.29 is 4.79 Å². The van der Waals surface area contributed by atoms with Crippen molar-refractivity contribution in [1.29, 1.82) is 0 Å². The fourth-order valence-corrected chi connectivity index (χ4v) is 6.18. The Kier molecular flexibility index (Phi) is 8.21. The first-order valence-corrected chi connectivity index (χ1v) is 14.3. The molecule has 0 aromatic carbocycles. The molecule has 1 saturated carbocycles. The number of fused-ring (bicyclic) bond motifs is 1. The minimum atomic E-state index is 0.139. The zero-order valence-corrected chi connectivity index (χ0v) is 22.9. The predicted octanol–water partition coefficient (Wildman–Crippen LogP) is 3.58. The molecule has 1 saturated heterocycles. The smallest absolute Gasteiger partial charge is 0.234 e. The molecule has 0 radical (unpaired) electrons. The van der Waals surface area contributed by atoms with E-state index in [1.165, 1.54) is 0 Å². The molecule has 2 aliphatic rings. The number of carbonyl (C=O) groups is 1. The summed E-state index contributed by atoms with van der Waals surface area (Å²) in [6.07, 6.45) is 5.20. The number of hydrogen-bond acceptors (Lipinski definition) is 9. The van der Waals surface area contributed by atoms with Crippen molar-refractivity contribution in [2.45, 2.75) is 58.0 Å². The molecule has 3 aromatic rings. The van der Waals surface area contributed by atoms with E-state index in [0.717, 1.165) is 85.8 Å². The van der Waals surface area contributed by atoms with Crippen LogP contribution in [0.2, 0.25) is 0 Å². The zero-order valence-electron chi connectivity index (χ0n) is 22.1. The number of thiophene rings is 1. The van der Waals surface area contributed by atoms with Crippen molar-refractivity contribution in [2.24, 2.45) is 5.92 Å². The average molecular weight is 526 g/mol. The van der Waals surface area contributed by atoms with Crippen LogP contribution in [0.1, 0.15) is 44.7 Å². The molecule has 1 amide bonds. The van der Waals surface area contributed by atoms with Gasteiger partial charge in [-0.15, -0.1) is 11.3 Å². The lowest BCUT2D eigenvalue weighted by atomic mass is 9.96. The van der Waals surface area contributed by atoms with Gasteiger partial charge in [-0.25, -0.2) is 4.98 Å². The first-order valence-electron chi connectivity index (χ1n) is 13.5. The van der Waals surface area contributed by atoms with Gasteiger partial charge in [0.2, 0.25) is 11.9 Å². The molecule has 1 aliphatic carbocycles. The summed E-state index contributed by atoms with van der Waals surface area (Å²) >= 11 is 1.60. The molecule has 11 heteroatoms. The average Bonchev–Trinajstić information content (AvgIpc) is 3.46. The summed E-state index contributed by atoms with van der Waals surface area (Å²) in [5, 5.41) is 20.6. The van der Waals surface area contributed by atoms with Gasteiger partial charge in [0, 0.05) is 50.0 Å². The summed E-state index contributed by atoms with van der Waals surface area (Å²) in [4.78, 5) is 28.1. The van der Waals surface area contributed by atoms with Gasteiger partial charge in [-0.3, -0.25) is 14.8 Å². The minimum Gasteiger partial charge on any atom is -0.352 e. The van der Waals surface area contributed by atoms with E-state index in [4.69, 9.17) is 9.97 Å². The third kappa shape index (κ3) is 6.77. The number of H-pyrrole nitrogens is 1. The maximum atomic E-state index is 12.9. The highest BCUT2D eigenvalue weighted by Crippen LogP contribution is 2.31. The molecular formula is C26H39N9OS. The quantitative estimate of drug-likeness (QED) is 0.330. The monoisotopic (exact) mass is 525 g/mol. The molecule has 4 N–H and O–H groups in total. The van der Waals surface area contributed by atoms with Gasteiger partial charge in [-0.2, -0.15) is 10.1 Å². The molecule has 5 rings (SSSR count). The largest absolute Gasteiger partial charge is 0.352 e. The number of rotatable bonds is 8. The van der Waals surface area contributed by atoms with E-state index in [0.29, 0.717) is 18.4 Å². The molecule has 3 aromatic heterocycles. The molecule has 200 valence electrons. The number of carbonyl (C=O) groups excluding carboxylic acids is 1. The number of aromatic amines is 1. The molecule has 3 atom stereocenters. The van der Waals surface area contributed by atoms with Crippen LogP contribution in [0.5, 0.6) is 0 Å². The SMILES string of the molecule is CCC1CCC(NC(=O)CN2CCN(C)CC2)CC(Nc2nc(Nc3cc(C)[nH]n3)c3ccsc3n2)C1. The first-order chi connectivity index (χ1) is 17.9. The van der Waals surface area contributed by atoms with Crippen LogP contribution in [-0.2, 0) is 4.79 Å². The molecule has 2 fully saturated rings. The standard InChI is InChI=1S/C26H39N9OS/c1-4-18-5-6-19(27-23(36)16-35-10-8-34(3)9-11-35)15-20(14-18)28-26-30-24(21-7-12-37-25(21)31-26)29-22-13-17(2)32-33-22/h7,12-13,18-20H,4-6,8-11,14-16H2,1-3H3,(H,27,36)(H3,28,29,30,31,32,33). The van der Waals surface area contributed by atoms with Crippen molar-refractivity contribution in [2.75, 3.05) is 50.4 Å². The summed E-state index contributed by atoms with van der Waals surface area (Å²) < 4.78 is 0. The summed E-state index contributed by atoms with van der Waals surface area (Å²) in [7, 11) is 2.14.